The topological polar surface area (TPSA) is 117 Å². The van der Waals surface area contributed by atoms with Crippen LogP contribution >= 0.6 is 0 Å². The predicted octanol–water partition coefficient (Wildman–Crippen LogP) is 4.74. The lowest BCUT2D eigenvalue weighted by atomic mass is 9.82. The van der Waals surface area contributed by atoms with E-state index in [1.807, 2.05) is 54.6 Å². The second-order valence-electron chi connectivity index (χ2n) is 9.38. The Hall–Kier alpha value is -4.13. The Morgan fingerprint density at radius 1 is 0.811 bits per heavy atom. The van der Waals surface area contributed by atoms with Gasteiger partial charge in [-0.05, 0) is 72.6 Å². The van der Waals surface area contributed by atoms with Crippen LogP contribution in [0.3, 0.4) is 0 Å². The first-order valence-corrected chi connectivity index (χ1v) is 12.7. The molecule has 1 aliphatic rings. The number of carbonyl (C=O) groups excluding carboxylic acids is 2. The number of carbonyl (C=O) groups is 2. The Kier molecular flexibility index (Phi) is 8.92. The lowest BCUT2D eigenvalue weighted by Crippen LogP contribution is -2.28. The second kappa shape index (κ2) is 12.7. The number of rotatable bonds is 9. The average molecular weight is 500 g/mol. The third-order valence-electron chi connectivity index (χ3n) is 6.71. The van der Waals surface area contributed by atoms with Gasteiger partial charge >= 0.3 is 11.9 Å². The molecule has 1 saturated carbocycles. The largest absolute Gasteiger partial charge is 0.462 e. The van der Waals surface area contributed by atoms with Gasteiger partial charge in [-0.3, -0.25) is 9.79 Å². The molecule has 0 aromatic heterocycles. The van der Waals surface area contributed by atoms with Gasteiger partial charge in [0.2, 0.25) is 0 Å². The van der Waals surface area contributed by atoms with Crippen LogP contribution in [0.2, 0.25) is 0 Å². The van der Waals surface area contributed by atoms with Gasteiger partial charge in [-0.15, -0.1) is 0 Å². The number of hydrogen-bond donors (Lipinski definition) is 2. The van der Waals surface area contributed by atoms with Crippen molar-refractivity contribution in [2.75, 3.05) is 13.2 Å². The minimum absolute atomic E-state index is 0.102. The molecule has 0 spiro atoms. The SMILES string of the molecule is NC(N)=NCC1CCC(C(=O)Oc2ccc(-c3ccc(C(=O)OCCc4ccccc4)cc3)cc2)CC1. The molecule has 4 rings (SSSR count). The number of guanidine groups is 1. The van der Waals surface area contributed by atoms with Gasteiger partial charge in [0, 0.05) is 13.0 Å². The van der Waals surface area contributed by atoms with Crippen molar-refractivity contribution in [3.05, 3.63) is 90.0 Å². The van der Waals surface area contributed by atoms with E-state index in [-0.39, 0.29) is 23.8 Å². The Balaban J connectivity index is 1.25. The molecule has 0 amide bonds. The number of aliphatic imine (C=N–C) groups is 1. The summed E-state index contributed by atoms with van der Waals surface area (Å²) in [6, 6.07) is 24.6. The average Bonchev–Trinajstić information content (AvgIpc) is 2.93. The van der Waals surface area contributed by atoms with Crippen molar-refractivity contribution < 1.29 is 19.1 Å². The maximum absolute atomic E-state index is 12.6. The molecule has 192 valence electrons. The molecule has 0 atom stereocenters. The maximum Gasteiger partial charge on any atom is 0.338 e. The summed E-state index contributed by atoms with van der Waals surface area (Å²) in [4.78, 5) is 29.1. The molecule has 0 aliphatic heterocycles. The summed E-state index contributed by atoms with van der Waals surface area (Å²) in [6.45, 7) is 0.951. The normalized spacial score (nSPS) is 17.0. The molecular weight excluding hydrogens is 466 g/mol. The highest BCUT2D eigenvalue weighted by molar-refractivity contribution is 5.90. The zero-order valence-electron chi connectivity index (χ0n) is 20.8. The van der Waals surface area contributed by atoms with Gasteiger partial charge in [0.15, 0.2) is 5.96 Å². The highest BCUT2D eigenvalue weighted by Crippen LogP contribution is 2.31. The Labute approximate surface area is 217 Å². The summed E-state index contributed by atoms with van der Waals surface area (Å²) in [6.07, 6.45) is 4.06. The van der Waals surface area contributed by atoms with E-state index in [1.165, 1.54) is 0 Å². The van der Waals surface area contributed by atoms with Crippen LogP contribution in [-0.4, -0.2) is 31.0 Å². The zero-order chi connectivity index (χ0) is 26.0. The molecule has 0 bridgehead atoms. The minimum atomic E-state index is -0.338. The van der Waals surface area contributed by atoms with E-state index < -0.39 is 0 Å². The van der Waals surface area contributed by atoms with E-state index in [0.717, 1.165) is 42.4 Å². The number of hydrogen-bond acceptors (Lipinski definition) is 5. The van der Waals surface area contributed by atoms with E-state index in [1.54, 1.807) is 24.3 Å². The first-order valence-electron chi connectivity index (χ1n) is 12.7. The van der Waals surface area contributed by atoms with Crippen LogP contribution in [-0.2, 0) is 16.0 Å². The van der Waals surface area contributed by atoms with Crippen LogP contribution in [0.25, 0.3) is 11.1 Å². The minimum Gasteiger partial charge on any atom is -0.462 e. The van der Waals surface area contributed by atoms with Crippen LogP contribution < -0.4 is 16.2 Å². The Morgan fingerprint density at radius 3 is 2.05 bits per heavy atom. The summed E-state index contributed by atoms with van der Waals surface area (Å²) in [5.41, 5.74) is 14.4. The highest BCUT2D eigenvalue weighted by atomic mass is 16.5. The molecule has 0 unspecified atom stereocenters. The van der Waals surface area contributed by atoms with Crippen LogP contribution in [0.15, 0.2) is 83.9 Å². The van der Waals surface area contributed by atoms with Crippen LogP contribution in [0.1, 0.15) is 41.6 Å². The van der Waals surface area contributed by atoms with Crippen molar-refractivity contribution in [3.63, 3.8) is 0 Å². The Bertz CT molecular complexity index is 1200. The van der Waals surface area contributed by atoms with E-state index in [4.69, 9.17) is 20.9 Å². The van der Waals surface area contributed by atoms with Crippen molar-refractivity contribution in [2.45, 2.75) is 32.1 Å². The smallest absolute Gasteiger partial charge is 0.338 e. The molecular formula is C30H33N3O4. The fourth-order valence-electron chi connectivity index (χ4n) is 4.52. The molecule has 1 aliphatic carbocycles. The van der Waals surface area contributed by atoms with Gasteiger partial charge in [-0.1, -0.05) is 54.6 Å². The second-order valence-corrected chi connectivity index (χ2v) is 9.38. The van der Waals surface area contributed by atoms with Gasteiger partial charge in [0.05, 0.1) is 18.1 Å². The number of benzene rings is 3. The molecule has 0 saturated heterocycles. The van der Waals surface area contributed by atoms with Gasteiger partial charge < -0.3 is 20.9 Å². The van der Waals surface area contributed by atoms with Crippen LogP contribution in [0, 0.1) is 11.8 Å². The third-order valence-corrected chi connectivity index (χ3v) is 6.71. The van der Waals surface area contributed by atoms with Gasteiger partial charge in [-0.25, -0.2) is 4.79 Å². The molecule has 7 nitrogen and oxygen atoms in total. The lowest BCUT2D eigenvalue weighted by molar-refractivity contribution is -0.140. The van der Waals surface area contributed by atoms with E-state index in [0.29, 0.717) is 36.8 Å². The van der Waals surface area contributed by atoms with Crippen LogP contribution in [0.4, 0.5) is 0 Å². The fourth-order valence-corrected chi connectivity index (χ4v) is 4.52. The van der Waals surface area contributed by atoms with Crippen molar-refractivity contribution in [2.24, 2.45) is 28.3 Å². The zero-order valence-corrected chi connectivity index (χ0v) is 20.8. The molecule has 3 aromatic rings. The van der Waals surface area contributed by atoms with Gasteiger partial charge in [0.1, 0.15) is 5.75 Å². The van der Waals surface area contributed by atoms with Gasteiger partial charge in [0.25, 0.3) is 0 Å². The summed E-state index contributed by atoms with van der Waals surface area (Å²) < 4.78 is 11.0. The Morgan fingerprint density at radius 2 is 1.43 bits per heavy atom. The summed E-state index contributed by atoms with van der Waals surface area (Å²) in [7, 11) is 0. The van der Waals surface area contributed by atoms with Crippen molar-refractivity contribution in [1.29, 1.82) is 0 Å². The van der Waals surface area contributed by atoms with Crippen molar-refractivity contribution in [1.82, 2.24) is 0 Å². The number of nitrogens with zero attached hydrogens (tertiary/aromatic N) is 1. The molecule has 3 aromatic carbocycles. The van der Waals surface area contributed by atoms with E-state index in [9.17, 15) is 9.59 Å². The summed E-state index contributed by atoms with van der Waals surface area (Å²) >= 11 is 0. The van der Waals surface area contributed by atoms with Crippen molar-refractivity contribution in [3.8, 4) is 16.9 Å². The van der Waals surface area contributed by atoms with E-state index >= 15 is 0 Å². The third kappa shape index (κ3) is 7.67. The van der Waals surface area contributed by atoms with Gasteiger partial charge in [-0.2, -0.15) is 0 Å². The number of esters is 2. The molecule has 0 heterocycles. The monoisotopic (exact) mass is 499 g/mol. The highest BCUT2D eigenvalue weighted by Gasteiger charge is 2.27. The molecule has 0 radical (unpaired) electrons. The number of ether oxygens (including phenoxy) is 2. The molecule has 37 heavy (non-hydrogen) atoms. The van der Waals surface area contributed by atoms with Crippen molar-refractivity contribution >= 4 is 17.9 Å². The first-order chi connectivity index (χ1) is 18.0. The molecule has 1 fully saturated rings. The molecule has 7 heteroatoms. The maximum atomic E-state index is 12.6. The summed E-state index contributed by atoms with van der Waals surface area (Å²) in [5, 5.41) is 0. The summed E-state index contributed by atoms with van der Waals surface area (Å²) in [5.74, 6) is 0.411. The standard InChI is InChI=1S/C30H33N3O4/c31-30(32)33-20-22-6-8-26(9-7-22)29(35)37-27-16-14-24(15-17-27)23-10-12-25(13-11-23)28(34)36-19-18-21-4-2-1-3-5-21/h1-5,10-17,22,26H,6-9,18-20H2,(H4,31,32,33). The first kappa shape index (κ1) is 25.9. The van der Waals surface area contributed by atoms with E-state index in [2.05, 4.69) is 4.99 Å². The fraction of sp³-hybridized carbons (Fsp3) is 0.300. The number of nitrogens with two attached hydrogens (primary N) is 2. The molecule has 4 N–H and O–H groups in total. The quantitative estimate of drug-likeness (QED) is 0.190. The lowest BCUT2D eigenvalue weighted by Gasteiger charge is -2.26. The van der Waals surface area contributed by atoms with Crippen LogP contribution in [0.5, 0.6) is 5.75 Å². The predicted molar refractivity (Wildman–Crippen MR) is 144 cm³/mol.